The topological polar surface area (TPSA) is 104 Å². The highest BCUT2D eigenvalue weighted by Crippen LogP contribution is 2.29. The summed E-state index contributed by atoms with van der Waals surface area (Å²) < 4.78 is 40.0. The van der Waals surface area contributed by atoms with Gasteiger partial charge in [0.2, 0.25) is 17.8 Å². The molecule has 0 bridgehead atoms. The van der Waals surface area contributed by atoms with E-state index in [9.17, 15) is 0 Å². The van der Waals surface area contributed by atoms with Crippen LogP contribution in [0.15, 0.2) is 258 Å². The summed E-state index contributed by atoms with van der Waals surface area (Å²) in [4.78, 5) is 21.0. The first-order valence-corrected chi connectivity index (χ1v) is 24.7. The number of hydrogen-bond acceptors (Lipinski definition) is 12. The summed E-state index contributed by atoms with van der Waals surface area (Å²) in [6, 6.07) is 59.1. The molecule has 0 aliphatic heterocycles. The summed E-state index contributed by atoms with van der Waals surface area (Å²) in [6.07, 6.45) is 7.50. The first-order chi connectivity index (χ1) is 36.9. The number of rotatable bonds is 33. The minimum absolute atomic E-state index is 0.0503. The lowest BCUT2D eigenvalue weighted by atomic mass is 10.1. The largest absolute Gasteiger partial charge is 0.349 e. The van der Waals surface area contributed by atoms with Gasteiger partial charge in [0.15, 0.2) is 0 Å². The van der Waals surface area contributed by atoms with E-state index in [2.05, 4.69) is 39.5 Å². The smallest absolute Gasteiger partial charge is 0.235 e. The Labute approximate surface area is 442 Å². The Kier molecular flexibility index (Phi) is 21.6. The Hall–Kier alpha value is -8.07. The first kappa shape index (κ1) is 54.7. The average Bonchev–Trinajstić information content (AvgIpc) is 3.48. The Balaban J connectivity index is 1.36. The van der Waals surface area contributed by atoms with E-state index < -0.39 is 36.6 Å². The van der Waals surface area contributed by atoms with Crippen molar-refractivity contribution in [3.05, 3.63) is 291 Å². The van der Waals surface area contributed by atoms with Crippen molar-refractivity contribution in [1.82, 2.24) is 15.0 Å². The third-order valence-corrected chi connectivity index (χ3v) is 12.0. The molecule has 1 heterocycles. The van der Waals surface area contributed by atoms with Gasteiger partial charge >= 0.3 is 0 Å². The predicted octanol–water partition coefficient (Wildman–Crippen LogP) is 13.7. The van der Waals surface area contributed by atoms with Gasteiger partial charge in [0, 0.05) is 0 Å². The van der Waals surface area contributed by atoms with Gasteiger partial charge in [-0.1, -0.05) is 218 Å². The van der Waals surface area contributed by atoms with Crippen LogP contribution in [0.5, 0.6) is 0 Å². The maximum Gasteiger partial charge on any atom is 0.235 e. The van der Waals surface area contributed by atoms with Crippen LogP contribution < -0.4 is 14.7 Å². The van der Waals surface area contributed by atoms with E-state index in [1.165, 1.54) is 0 Å². The van der Waals surface area contributed by atoms with Crippen LogP contribution in [0.3, 0.4) is 0 Å². The molecule has 0 spiro atoms. The summed E-state index contributed by atoms with van der Waals surface area (Å²) in [7, 11) is 0. The highest BCUT2D eigenvalue weighted by atomic mass is 16.5. The molecule has 0 aliphatic rings. The number of benzene rings is 6. The lowest BCUT2D eigenvalue weighted by molar-refractivity contribution is 0.0367. The molecule has 7 aromatic rings. The predicted molar refractivity (Wildman–Crippen MR) is 299 cm³/mol. The molecule has 0 aliphatic carbocycles. The molecule has 0 N–H and O–H groups in total. The van der Waals surface area contributed by atoms with Gasteiger partial charge in [-0.3, -0.25) is 14.7 Å². The normalized spacial score (nSPS) is 13.4. The van der Waals surface area contributed by atoms with Gasteiger partial charge in [0.1, 0.15) is 77.0 Å². The zero-order valence-electron chi connectivity index (χ0n) is 42.4. The molecule has 0 saturated heterocycles. The fourth-order valence-electron chi connectivity index (χ4n) is 7.91. The van der Waals surface area contributed by atoms with Gasteiger partial charge in [0.25, 0.3) is 0 Å². The molecule has 6 unspecified atom stereocenters. The van der Waals surface area contributed by atoms with E-state index in [0.29, 0.717) is 0 Å². The molecular weight excluding hydrogens is 937 g/mol. The summed E-state index contributed by atoms with van der Waals surface area (Å²) in [5.41, 5.74) is 5.47. The molecule has 0 amide bonds. The fourth-order valence-corrected chi connectivity index (χ4v) is 7.91. The molecule has 12 nitrogen and oxygen atoms in total. The van der Waals surface area contributed by atoms with Crippen molar-refractivity contribution in [3.8, 4) is 0 Å². The van der Waals surface area contributed by atoms with Crippen LogP contribution >= 0.6 is 0 Å². The van der Waals surface area contributed by atoms with Crippen LogP contribution in [-0.2, 0) is 28.4 Å². The minimum atomic E-state index is -0.499. The molecule has 1 aromatic heterocycles. The second kappa shape index (κ2) is 29.6. The van der Waals surface area contributed by atoms with E-state index >= 15 is 0 Å². The second-order valence-corrected chi connectivity index (χ2v) is 17.0. The molecule has 0 radical (unpaired) electrons. The van der Waals surface area contributed by atoms with Gasteiger partial charge in [-0.05, 0) is 33.4 Å². The molecule has 0 saturated carbocycles. The SMILES string of the molecule is C=CC(OCN(COC(C=C)c1ccccc1)c1nc(N(COC(C=C)c2ccccc2)COC(C=C)c2ccccc2)nc(N(COC(C=C)c2ccccc2)COC(C=C)c2ccccc2)n1)c1ccccc1. The van der Waals surface area contributed by atoms with Crippen LogP contribution in [0.4, 0.5) is 17.8 Å². The monoisotopic (exact) mass is 1000 g/mol. The number of nitrogens with zero attached hydrogens (tertiary/aromatic N) is 6. The highest BCUT2D eigenvalue weighted by Gasteiger charge is 2.26. The van der Waals surface area contributed by atoms with Crippen molar-refractivity contribution < 1.29 is 28.4 Å². The van der Waals surface area contributed by atoms with Gasteiger partial charge in [-0.15, -0.1) is 39.5 Å². The molecule has 0 fully saturated rings. The summed E-state index contributed by atoms with van der Waals surface area (Å²) >= 11 is 0. The molecule has 384 valence electrons. The average molecular weight is 1000 g/mol. The lowest BCUT2D eigenvalue weighted by Crippen LogP contribution is -2.37. The molecule has 6 aromatic carbocycles. The van der Waals surface area contributed by atoms with Crippen molar-refractivity contribution >= 4 is 17.8 Å². The van der Waals surface area contributed by atoms with Gasteiger partial charge < -0.3 is 28.4 Å². The molecule has 6 atom stereocenters. The number of aromatic nitrogens is 3. The maximum atomic E-state index is 6.67. The van der Waals surface area contributed by atoms with E-state index in [1.807, 2.05) is 182 Å². The van der Waals surface area contributed by atoms with Crippen LogP contribution in [0.25, 0.3) is 0 Å². The Bertz CT molecular complexity index is 2330. The van der Waals surface area contributed by atoms with Crippen molar-refractivity contribution in [1.29, 1.82) is 0 Å². The third kappa shape index (κ3) is 16.0. The van der Waals surface area contributed by atoms with Gasteiger partial charge in [-0.25, -0.2) is 0 Å². The Morgan fingerprint density at radius 2 is 0.413 bits per heavy atom. The molecule has 75 heavy (non-hydrogen) atoms. The Morgan fingerprint density at radius 1 is 0.267 bits per heavy atom. The van der Waals surface area contributed by atoms with Gasteiger partial charge in [0.05, 0.1) is 0 Å². The van der Waals surface area contributed by atoms with E-state index in [0.717, 1.165) is 33.4 Å². The standard InChI is InChI=1S/C63H66N6O6/c1-7-55(49-31-19-13-20-32-49)70-43-67(44-71-56(8-2)50-33-21-14-22-34-50)61-64-62(68(45-72-57(9-3)51-35-23-15-24-36-51)46-73-58(10-4)52-37-25-16-26-38-52)66-63(65-61)69(47-74-59(11-5)53-39-27-17-28-40-53)48-75-60(12-6)54-41-29-18-30-42-54/h7-42,55-60H,1-6,43-48H2. The van der Waals surface area contributed by atoms with E-state index in [4.69, 9.17) is 43.4 Å². The fraction of sp³-hybridized carbons (Fsp3) is 0.190. The van der Waals surface area contributed by atoms with Crippen molar-refractivity contribution in [3.63, 3.8) is 0 Å². The van der Waals surface area contributed by atoms with Crippen LogP contribution in [0.1, 0.15) is 70.0 Å². The quantitative estimate of drug-likeness (QED) is 0.0289. The van der Waals surface area contributed by atoms with Crippen LogP contribution in [-0.4, -0.2) is 55.3 Å². The van der Waals surface area contributed by atoms with Crippen LogP contribution in [0.2, 0.25) is 0 Å². The van der Waals surface area contributed by atoms with Crippen molar-refractivity contribution in [2.45, 2.75) is 36.6 Å². The summed E-state index contributed by atoms with van der Waals surface area (Å²) in [6.45, 7) is 24.4. The van der Waals surface area contributed by atoms with E-state index in [1.54, 1.807) is 51.2 Å². The second-order valence-electron chi connectivity index (χ2n) is 17.0. The molecule has 12 heteroatoms. The van der Waals surface area contributed by atoms with Crippen molar-refractivity contribution in [2.24, 2.45) is 0 Å². The van der Waals surface area contributed by atoms with E-state index in [-0.39, 0.29) is 58.2 Å². The first-order valence-electron chi connectivity index (χ1n) is 24.7. The minimum Gasteiger partial charge on any atom is -0.349 e. The number of anilines is 3. The molecular formula is C63H66N6O6. The van der Waals surface area contributed by atoms with Crippen molar-refractivity contribution in [2.75, 3.05) is 55.1 Å². The zero-order valence-corrected chi connectivity index (χ0v) is 42.4. The van der Waals surface area contributed by atoms with Gasteiger partial charge in [-0.2, -0.15) is 15.0 Å². The molecule has 7 rings (SSSR count). The zero-order chi connectivity index (χ0) is 52.5. The number of ether oxygens (including phenoxy) is 6. The summed E-state index contributed by atoms with van der Waals surface area (Å²) in [5, 5.41) is 0. The number of hydrogen-bond donors (Lipinski definition) is 0. The maximum absolute atomic E-state index is 6.67. The third-order valence-electron chi connectivity index (χ3n) is 12.0. The highest BCUT2D eigenvalue weighted by molar-refractivity contribution is 5.46. The summed E-state index contributed by atoms with van der Waals surface area (Å²) in [5.74, 6) is 0.570. The Morgan fingerprint density at radius 3 is 0.547 bits per heavy atom. The lowest BCUT2D eigenvalue weighted by Gasteiger charge is -2.31. The van der Waals surface area contributed by atoms with Crippen LogP contribution in [0, 0.1) is 0 Å².